The van der Waals surface area contributed by atoms with E-state index in [1.165, 1.54) is 51.8 Å². The smallest absolute Gasteiger partial charge is 0.0601 e. The maximum Gasteiger partial charge on any atom is 0.0601 e. The lowest BCUT2D eigenvalue weighted by Gasteiger charge is -2.38. The van der Waals surface area contributed by atoms with Crippen LogP contribution in [0, 0.1) is 20.8 Å². The second-order valence-corrected chi connectivity index (χ2v) is 9.46. The third-order valence-electron chi connectivity index (χ3n) is 7.29. The molecule has 1 fully saturated rings. The standard InChI is InChI=1S/C30H38N2/c1-5-25-11-14-26(15-12-25)30(27-13-10-22(2)24(4)20-27)32-18-16-29(17-19-32)31-21-28-9-7-6-8-23(28)3/h6-15,20,29-31H,5,16-19,21H2,1-4H3. The number of hydrogen-bond acceptors (Lipinski definition) is 2. The van der Waals surface area contributed by atoms with E-state index in [9.17, 15) is 0 Å². The molecule has 1 aliphatic heterocycles. The Morgan fingerprint density at radius 2 is 1.50 bits per heavy atom. The molecule has 2 heteroatoms. The number of aryl methyl sites for hydroxylation is 4. The molecule has 3 aromatic rings. The van der Waals surface area contributed by atoms with Crippen LogP contribution in [0.4, 0.5) is 0 Å². The van der Waals surface area contributed by atoms with E-state index in [2.05, 4.69) is 105 Å². The van der Waals surface area contributed by atoms with Gasteiger partial charge in [-0.2, -0.15) is 0 Å². The molecule has 1 heterocycles. The molecule has 168 valence electrons. The van der Waals surface area contributed by atoms with E-state index in [-0.39, 0.29) is 0 Å². The Morgan fingerprint density at radius 3 is 2.16 bits per heavy atom. The second kappa shape index (κ2) is 10.5. The van der Waals surface area contributed by atoms with E-state index in [0.29, 0.717) is 12.1 Å². The van der Waals surface area contributed by atoms with Crippen LogP contribution in [-0.2, 0) is 13.0 Å². The van der Waals surface area contributed by atoms with Gasteiger partial charge in [-0.25, -0.2) is 0 Å². The zero-order chi connectivity index (χ0) is 22.5. The summed E-state index contributed by atoms with van der Waals surface area (Å²) in [6.45, 7) is 12.1. The van der Waals surface area contributed by atoms with Gasteiger partial charge in [0.25, 0.3) is 0 Å². The monoisotopic (exact) mass is 426 g/mol. The van der Waals surface area contributed by atoms with E-state index in [1.807, 2.05) is 0 Å². The molecule has 1 N–H and O–H groups in total. The van der Waals surface area contributed by atoms with E-state index < -0.39 is 0 Å². The van der Waals surface area contributed by atoms with Crippen molar-refractivity contribution in [1.82, 2.24) is 10.2 Å². The van der Waals surface area contributed by atoms with Crippen molar-refractivity contribution in [2.24, 2.45) is 0 Å². The molecule has 0 amide bonds. The highest BCUT2D eigenvalue weighted by molar-refractivity contribution is 5.38. The van der Waals surface area contributed by atoms with Gasteiger partial charge in [0.2, 0.25) is 0 Å². The highest BCUT2D eigenvalue weighted by atomic mass is 15.2. The van der Waals surface area contributed by atoms with Crippen LogP contribution in [0.25, 0.3) is 0 Å². The zero-order valence-electron chi connectivity index (χ0n) is 20.2. The maximum absolute atomic E-state index is 3.82. The van der Waals surface area contributed by atoms with Crippen molar-refractivity contribution in [3.8, 4) is 0 Å². The predicted octanol–water partition coefficient (Wildman–Crippen LogP) is 6.52. The first-order valence-electron chi connectivity index (χ1n) is 12.2. The van der Waals surface area contributed by atoms with Crippen LogP contribution in [0.3, 0.4) is 0 Å². The average molecular weight is 427 g/mol. The molecular weight excluding hydrogens is 388 g/mol. The molecular formula is C30H38N2. The van der Waals surface area contributed by atoms with Crippen molar-refractivity contribution in [3.05, 3.63) is 106 Å². The topological polar surface area (TPSA) is 15.3 Å². The molecule has 0 aliphatic carbocycles. The van der Waals surface area contributed by atoms with E-state index >= 15 is 0 Å². The molecule has 0 aromatic heterocycles. The van der Waals surface area contributed by atoms with Crippen LogP contribution in [0.2, 0.25) is 0 Å². The minimum absolute atomic E-state index is 0.331. The van der Waals surface area contributed by atoms with Crippen LogP contribution in [0.5, 0.6) is 0 Å². The van der Waals surface area contributed by atoms with Crippen LogP contribution in [0.15, 0.2) is 66.7 Å². The Labute approximate surface area is 194 Å². The summed E-state index contributed by atoms with van der Waals surface area (Å²) < 4.78 is 0. The fourth-order valence-electron chi connectivity index (χ4n) is 4.91. The maximum atomic E-state index is 3.82. The Bertz CT molecular complexity index is 1010. The van der Waals surface area contributed by atoms with Crippen molar-refractivity contribution >= 4 is 0 Å². The summed E-state index contributed by atoms with van der Waals surface area (Å²) in [5, 5.41) is 3.82. The summed E-state index contributed by atoms with van der Waals surface area (Å²) in [5.74, 6) is 0. The summed E-state index contributed by atoms with van der Waals surface area (Å²) in [5.41, 5.74) is 9.79. The summed E-state index contributed by atoms with van der Waals surface area (Å²) in [7, 11) is 0. The number of nitrogens with zero attached hydrogens (tertiary/aromatic N) is 1. The molecule has 0 radical (unpaired) electrons. The first kappa shape index (κ1) is 22.8. The minimum Gasteiger partial charge on any atom is -0.310 e. The first-order valence-corrected chi connectivity index (χ1v) is 12.2. The Hall–Kier alpha value is -2.42. The molecule has 1 aliphatic rings. The molecule has 0 saturated carbocycles. The van der Waals surface area contributed by atoms with Gasteiger partial charge in [-0.15, -0.1) is 0 Å². The molecule has 0 spiro atoms. The highest BCUT2D eigenvalue weighted by Crippen LogP contribution is 2.32. The fourth-order valence-corrected chi connectivity index (χ4v) is 4.91. The third kappa shape index (κ3) is 5.31. The predicted molar refractivity (Wildman–Crippen MR) is 136 cm³/mol. The SMILES string of the molecule is CCc1ccc(C(c2ccc(C)c(C)c2)N2CCC(NCc3ccccc3C)CC2)cc1. The third-order valence-corrected chi connectivity index (χ3v) is 7.29. The molecule has 0 bridgehead atoms. The van der Waals surface area contributed by atoms with E-state index in [0.717, 1.165) is 26.1 Å². The molecule has 1 unspecified atom stereocenters. The largest absolute Gasteiger partial charge is 0.310 e. The van der Waals surface area contributed by atoms with Crippen LogP contribution in [-0.4, -0.2) is 24.0 Å². The number of nitrogens with one attached hydrogen (secondary N) is 1. The van der Waals surface area contributed by atoms with Crippen LogP contribution < -0.4 is 5.32 Å². The minimum atomic E-state index is 0.331. The quantitative estimate of drug-likeness (QED) is 0.463. The first-order chi connectivity index (χ1) is 15.5. The van der Waals surface area contributed by atoms with Crippen molar-refractivity contribution in [3.63, 3.8) is 0 Å². The Balaban J connectivity index is 1.48. The van der Waals surface area contributed by atoms with Gasteiger partial charge in [-0.3, -0.25) is 4.90 Å². The normalized spacial score (nSPS) is 16.2. The van der Waals surface area contributed by atoms with E-state index in [1.54, 1.807) is 0 Å². The highest BCUT2D eigenvalue weighted by Gasteiger charge is 2.27. The number of hydrogen-bond donors (Lipinski definition) is 1. The number of benzene rings is 3. The summed E-state index contributed by atoms with van der Waals surface area (Å²) in [4.78, 5) is 2.69. The molecule has 1 atom stereocenters. The van der Waals surface area contributed by atoms with Gasteiger partial charge in [0, 0.05) is 25.7 Å². The number of piperidine rings is 1. The average Bonchev–Trinajstić information content (AvgIpc) is 2.82. The lowest BCUT2D eigenvalue weighted by atomic mass is 9.91. The molecule has 1 saturated heterocycles. The molecule has 2 nitrogen and oxygen atoms in total. The van der Waals surface area contributed by atoms with Crippen molar-refractivity contribution in [2.75, 3.05) is 13.1 Å². The Kier molecular flexibility index (Phi) is 7.44. The lowest BCUT2D eigenvalue weighted by molar-refractivity contribution is 0.162. The zero-order valence-corrected chi connectivity index (χ0v) is 20.2. The summed E-state index contributed by atoms with van der Waals surface area (Å²) in [6, 6.07) is 26.0. The van der Waals surface area contributed by atoms with Gasteiger partial charge in [0.1, 0.15) is 0 Å². The van der Waals surface area contributed by atoms with Gasteiger partial charge in [-0.05, 0) is 79.0 Å². The molecule has 32 heavy (non-hydrogen) atoms. The van der Waals surface area contributed by atoms with Gasteiger partial charge in [0.15, 0.2) is 0 Å². The van der Waals surface area contributed by atoms with Crippen molar-refractivity contribution in [2.45, 2.75) is 65.6 Å². The Morgan fingerprint density at radius 1 is 0.812 bits per heavy atom. The number of likely N-dealkylation sites (tertiary alicyclic amines) is 1. The molecule has 4 rings (SSSR count). The number of rotatable bonds is 7. The summed E-state index contributed by atoms with van der Waals surface area (Å²) >= 11 is 0. The van der Waals surface area contributed by atoms with E-state index in [4.69, 9.17) is 0 Å². The van der Waals surface area contributed by atoms with Gasteiger partial charge in [0.05, 0.1) is 6.04 Å². The lowest BCUT2D eigenvalue weighted by Crippen LogP contribution is -2.44. The van der Waals surface area contributed by atoms with Gasteiger partial charge < -0.3 is 5.32 Å². The van der Waals surface area contributed by atoms with Crippen molar-refractivity contribution < 1.29 is 0 Å². The fraction of sp³-hybridized carbons (Fsp3) is 0.400. The van der Waals surface area contributed by atoms with Crippen LogP contribution in [0.1, 0.15) is 64.8 Å². The summed E-state index contributed by atoms with van der Waals surface area (Å²) in [6.07, 6.45) is 3.48. The molecule has 3 aromatic carbocycles. The van der Waals surface area contributed by atoms with Crippen LogP contribution >= 0.6 is 0 Å². The van der Waals surface area contributed by atoms with Gasteiger partial charge in [-0.1, -0.05) is 73.7 Å². The van der Waals surface area contributed by atoms with Crippen molar-refractivity contribution in [1.29, 1.82) is 0 Å². The second-order valence-electron chi connectivity index (χ2n) is 9.46. The van der Waals surface area contributed by atoms with Gasteiger partial charge >= 0.3 is 0 Å².